The molecule has 1 aliphatic heterocycles. The van der Waals surface area contributed by atoms with E-state index in [1.165, 1.54) is 10.6 Å². The van der Waals surface area contributed by atoms with Crippen LogP contribution in [0.15, 0.2) is 78.9 Å². The highest BCUT2D eigenvalue weighted by Gasteiger charge is 2.19. The monoisotopic (exact) mass is 500 g/mol. The summed E-state index contributed by atoms with van der Waals surface area (Å²) in [7, 11) is 0. The van der Waals surface area contributed by atoms with Crippen molar-refractivity contribution in [3.8, 4) is 34.0 Å². The van der Waals surface area contributed by atoms with Crippen LogP contribution in [0.5, 0.6) is 11.5 Å². The molecular formula is C27H18ClFN4O3. The van der Waals surface area contributed by atoms with Gasteiger partial charge in [-0.1, -0.05) is 41.9 Å². The molecule has 178 valence electrons. The van der Waals surface area contributed by atoms with E-state index < -0.39 is 5.82 Å². The second kappa shape index (κ2) is 8.98. The molecule has 1 aliphatic rings. The minimum Gasteiger partial charge on any atom is -0.454 e. The number of aromatic nitrogens is 3. The Bertz CT molecular complexity index is 1620. The Morgan fingerprint density at radius 2 is 1.78 bits per heavy atom. The third-order valence-corrected chi connectivity index (χ3v) is 6.09. The first kappa shape index (κ1) is 22.1. The summed E-state index contributed by atoms with van der Waals surface area (Å²) in [5.41, 5.74) is 3.51. The van der Waals surface area contributed by atoms with Gasteiger partial charge in [0.1, 0.15) is 11.5 Å². The fourth-order valence-electron chi connectivity index (χ4n) is 4.03. The molecule has 0 fully saturated rings. The zero-order valence-electron chi connectivity index (χ0n) is 18.7. The first-order valence-corrected chi connectivity index (χ1v) is 11.5. The zero-order chi connectivity index (χ0) is 24.6. The van der Waals surface area contributed by atoms with Gasteiger partial charge < -0.3 is 14.8 Å². The van der Waals surface area contributed by atoms with Gasteiger partial charge in [0.15, 0.2) is 17.1 Å². The SMILES string of the molecule is O=C(NCc1ccc2c(c1)OCO2)c1cc(-c2ccccc2F)nc2cc(-c3ccc(Cl)cc3)nn12. The molecule has 5 aromatic rings. The maximum atomic E-state index is 14.6. The lowest BCUT2D eigenvalue weighted by Gasteiger charge is -2.10. The number of amides is 1. The van der Waals surface area contributed by atoms with E-state index in [9.17, 15) is 9.18 Å². The highest BCUT2D eigenvalue weighted by molar-refractivity contribution is 6.30. The maximum absolute atomic E-state index is 14.6. The van der Waals surface area contributed by atoms with Crippen molar-refractivity contribution in [2.24, 2.45) is 0 Å². The van der Waals surface area contributed by atoms with Crippen LogP contribution >= 0.6 is 11.6 Å². The number of carbonyl (C=O) groups excluding carboxylic acids is 1. The van der Waals surface area contributed by atoms with Crippen LogP contribution in [0.2, 0.25) is 5.02 Å². The van der Waals surface area contributed by atoms with Crippen LogP contribution in [0.4, 0.5) is 4.39 Å². The number of carbonyl (C=O) groups is 1. The van der Waals surface area contributed by atoms with Gasteiger partial charge in [-0.15, -0.1) is 0 Å². The van der Waals surface area contributed by atoms with Crippen molar-refractivity contribution in [2.75, 3.05) is 6.79 Å². The van der Waals surface area contributed by atoms with Crippen molar-refractivity contribution in [3.63, 3.8) is 0 Å². The topological polar surface area (TPSA) is 77.8 Å². The summed E-state index contributed by atoms with van der Waals surface area (Å²) in [6, 6.07) is 22.3. The molecular weight excluding hydrogens is 483 g/mol. The Morgan fingerprint density at radius 1 is 0.972 bits per heavy atom. The van der Waals surface area contributed by atoms with Crippen molar-refractivity contribution >= 4 is 23.2 Å². The van der Waals surface area contributed by atoms with E-state index in [-0.39, 0.29) is 24.9 Å². The Labute approximate surface area is 210 Å². The standard InChI is InChI=1S/C27H18ClFN4O3/c28-18-8-6-17(7-9-18)21-13-26-31-22(19-3-1-2-4-20(19)29)12-23(33(26)32-21)27(34)30-14-16-5-10-24-25(11-16)36-15-35-24/h1-13H,14-15H2,(H,30,34). The summed E-state index contributed by atoms with van der Waals surface area (Å²) < 4.78 is 26.8. The van der Waals surface area contributed by atoms with Gasteiger partial charge in [-0.2, -0.15) is 5.10 Å². The van der Waals surface area contributed by atoms with Crippen molar-refractivity contribution in [1.82, 2.24) is 19.9 Å². The summed E-state index contributed by atoms with van der Waals surface area (Å²) in [5, 5.41) is 8.13. The predicted octanol–water partition coefficient (Wildman–Crippen LogP) is 5.51. The zero-order valence-corrected chi connectivity index (χ0v) is 19.5. The lowest BCUT2D eigenvalue weighted by atomic mass is 10.1. The molecule has 6 rings (SSSR count). The van der Waals surface area contributed by atoms with E-state index in [4.69, 9.17) is 21.1 Å². The second-order valence-electron chi connectivity index (χ2n) is 8.18. The molecule has 36 heavy (non-hydrogen) atoms. The number of benzene rings is 3. The van der Waals surface area contributed by atoms with E-state index >= 15 is 0 Å². The quantitative estimate of drug-likeness (QED) is 0.344. The van der Waals surface area contributed by atoms with Crippen molar-refractivity contribution < 1.29 is 18.7 Å². The predicted molar refractivity (Wildman–Crippen MR) is 133 cm³/mol. The lowest BCUT2D eigenvalue weighted by molar-refractivity contribution is 0.0943. The van der Waals surface area contributed by atoms with Gasteiger partial charge in [0, 0.05) is 28.8 Å². The van der Waals surface area contributed by atoms with Gasteiger partial charge in [-0.05, 0) is 48.0 Å². The number of ether oxygens (including phenoxy) is 2. The summed E-state index contributed by atoms with van der Waals surface area (Å²) in [5.74, 6) is 0.484. The van der Waals surface area contributed by atoms with Crippen molar-refractivity contribution in [2.45, 2.75) is 6.54 Å². The molecule has 0 bridgehead atoms. The first-order chi connectivity index (χ1) is 17.5. The number of fused-ring (bicyclic) bond motifs is 2. The molecule has 3 aromatic carbocycles. The van der Waals surface area contributed by atoms with Crippen molar-refractivity contribution in [1.29, 1.82) is 0 Å². The van der Waals surface area contributed by atoms with Crippen LogP contribution in [0, 0.1) is 5.82 Å². The lowest BCUT2D eigenvalue weighted by Crippen LogP contribution is -2.25. The summed E-state index contributed by atoms with van der Waals surface area (Å²) in [4.78, 5) is 18.0. The molecule has 9 heteroatoms. The average molecular weight is 501 g/mol. The molecule has 0 unspecified atom stereocenters. The number of hydrogen-bond acceptors (Lipinski definition) is 5. The minimum atomic E-state index is -0.432. The third-order valence-electron chi connectivity index (χ3n) is 5.84. The van der Waals surface area contributed by atoms with Crippen LogP contribution in [0.3, 0.4) is 0 Å². The van der Waals surface area contributed by atoms with Gasteiger partial charge in [-0.25, -0.2) is 13.9 Å². The molecule has 0 atom stereocenters. The fraction of sp³-hybridized carbons (Fsp3) is 0.0741. The summed E-state index contributed by atoms with van der Waals surface area (Å²) in [6.45, 7) is 0.424. The molecule has 0 spiro atoms. The van der Waals surface area contributed by atoms with E-state index in [0.29, 0.717) is 39.1 Å². The van der Waals surface area contributed by atoms with Gasteiger partial charge in [-0.3, -0.25) is 4.79 Å². The molecule has 0 saturated carbocycles. The molecule has 1 N–H and O–H groups in total. The van der Waals surface area contributed by atoms with Crippen LogP contribution < -0.4 is 14.8 Å². The highest BCUT2D eigenvalue weighted by Crippen LogP contribution is 2.32. The average Bonchev–Trinajstić information content (AvgIpc) is 3.54. The van der Waals surface area contributed by atoms with Crippen LogP contribution in [-0.4, -0.2) is 27.3 Å². The van der Waals surface area contributed by atoms with Gasteiger partial charge in [0.2, 0.25) is 6.79 Å². The molecule has 1 amide bonds. The van der Waals surface area contributed by atoms with E-state index in [1.54, 1.807) is 48.5 Å². The Hall–Kier alpha value is -4.43. The number of nitrogens with zero attached hydrogens (tertiary/aromatic N) is 3. The van der Waals surface area contributed by atoms with E-state index in [0.717, 1.165) is 11.1 Å². The Morgan fingerprint density at radius 3 is 2.61 bits per heavy atom. The summed E-state index contributed by atoms with van der Waals surface area (Å²) >= 11 is 6.02. The maximum Gasteiger partial charge on any atom is 0.270 e. The highest BCUT2D eigenvalue weighted by atomic mass is 35.5. The minimum absolute atomic E-state index is 0.175. The van der Waals surface area contributed by atoms with Crippen molar-refractivity contribution in [3.05, 3.63) is 101 Å². The van der Waals surface area contributed by atoms with Crippen LogP contribution in [-0.2, 0) is 6.54 Å². The fourth-order valence-corrected chi connectivity index (χ4v) is 4.15. The number of nitrogens with one attached hydrogen (secondary N) is 1. The second-order valence-corrected chi connectivity index (χ2v) is 8.62. The number of hydrogen-bond donors (Lipinski definition) is 1. The largest absolute Gasteiger partial charge is 0.454 e. The molecule has 3 heterocycles. The molecule has 0 saturated heterocycles. The van der Waals surface area contributed by atoms with Crippen LogP contribution in [0.1, 0.15) is 16.1 Å². The van der Waals surface area contributed by atoms with Gasteiger partial charge >= 0.3 is 0 Å². The number of rotatable bonds is 5. The molecule has 2 aromatic heterocycles. The van der Waals surface area contributed by atoms with Gasteiger partial charge in [0.25, 0.3) is 5.91 Å². The van der Waals surface area contributed by atoms with E-state index in [2.05, 4.69) is 15.4 Å². The van der Waals surface area contributed by atoms with E-state index in [1.807, 2.05) is 24.3 Å². The van der Waals surface area contributed by atoms with Gasteiger partial charge in [0.05, 0.1) is 11.4 Å². The molecule has 0 aliphatic carbocycles. The Kier molecular flexibility index (Phi) is 5.50. The third kappa shape index (κ3) is 4.12. The molecule has 7 nitrogen and oxygen atoms in total. The smallest absolute Gasteiger partial charge is 0.270 e. The summed E-state index contributed by atoms with van der Waals surface area (Å²) in [6.07, 6.45) is 0. The van der Waals surface area contributed by atoms with Crippen LogP contribution in [0.25, 0.3) is 28.2 Å². The Balaban J connectivity index is 1.39. The molecule has 0 radical (unpaired) electrons. The normalized spacial score (nSPS) is 12.2. The first-order valence-electron chi connectivity index (χ1n) is 11.1. The number of halogens is 2.